The summed E-state index contributed by atoms with van der Waals surface area (Å²) in [6.07, 6.45) is 1.19. The van der Waals surface area contributed by atoms with E-state index in [-0.39, 0.29) is 35.8 Å². The molecule has 0 fully saturated rings. The van der Waals surface area contributed by atoms with Gasteiger partial charge in [-0.15, -0.1) is 0 Å². The summed E-state index contributed by atoms with van der Waals surface area (Å²) in [6.45, 7) is 0. The van der Waals surface area contributed by atoms with Gasteiger partial charge in [0.1, 0.15) is 5.82 Å². The second-order valence-electron chi connectivity index (χ2n) is 6.83. The number of hydrogen-bond acceptors (Lipinski definition) is 2. The van der Waals surface area contributed by atoms with Crippen LogP contribution in [0, 0.1) is 5.82 Å². The molecule has 26 heavy (non-hydrogen) atoms. The Labute approximate surface area is 155 Å². The van der Waals surface area contributed by atoms with Gasteiger partial charge in [0.15, 0.2) is 5.78 Å². The number of rotatable bonds is 2. The van der Waals surface area contributed by atoms with E-state index >= 15 is 0 Å². The van der Waals surface area contributed by atoms with Gasteiger partial charge in [-0.25, -0.2) is 4.39 Å². The minimum Gasteiger partial charge on any atom is -0.329 e. The quantitative estimate of drug-likeness (QED) is 0.848. The van der Waals surface area contributed by atoms with E-state index < -0.39 is 0 Å². The number of halogens is 2. The maximum Gasteiger partial charge on any atom is 0.225 e. The SMILES string of the molecule is O=C1CC(c2ccc(Cl)cc2)C2=C(CC(c3ccc(F)cc3)CC2=O)N1. The number of Topliss-reactive ketones (excluding diaryl/α,β-unsaturated/α-hetero) is 1. The van der Waals surface area contributed by atoms with Crippen molar-refractivity contribution in [3.05, 3.63) is 81.8 Å². The lowest BCUT2D eigenvalue weighted by Gasteiger charge is -2.34. The molecule has 2 aliphatic rings. The molecule has 4 rings (SSSR count). The first-order chi connectivity index (χ1) is 12.5. The molecule has 2 aromatic rings. The molecular formula is C21H17ClFNO2. The van der Waals surface area contributed by atoms with E-state index in [1.807, 2.05) is 12.1 Å². The molecule has 0 saturated heterocycles. The van der Waals surface area contributed by atoms with E-state index in [0.717, 1.165) is 11.1 Å². The molecular weight excluding hydrogens is 353 g/mol. The van der Waals surface area contributed by atoms with Gasteiger partial charge >= 0.3 is 0 Å². The zero-order valence-corrected chi connectivity index (χ0v) is 14.7. The van der Waals surface area contributed by atoms with Crippen LogP contribution in [0.25, 0.3) is 0 Å². The van der Waals surface area contributed by atoms with E-state index in [9.17, 15) is 14.0 Å². The van der Waals surface area contributed by atoms with E-state index in [0.29, 0.717) is 29.1 Å². The number of carbonyl (C=O) groups is 2. The lowest BCUT2D eigenvalue weighted by atomic mass is 9.73. The maximum atomic E-state index is 13.2. The highest BCUT2D eigenvalue weighted by Gasteiger charge is 2.38. The third kappa shape index (κ3) is 3.17. The van der Waals surface area contributed by atoms with Crippen LogP contribution in [0.5, 0.6) is 0 Å². The van der Waals surface area contributed by atoms with Crippen LogP contribution < -0.4 is 5.32 Å². The van der Waals surface area contributed by atoms with Crippen molar-refractivity contribution in [2.75, 3.05) is 0 Å². The predicted octanol–water partition coefficient (Wildman–Crippen LogP) is 4.48. The van der Waals surface area contributed by atoms with Gasteiger partial charge in [0.05, 0.1) is 0 Å². The Morgan fingerprint density at radius 2 is 1.54 bits per heavy atom. The zero-order chi connectivity index (χ0) is 18.3. The summed E-state index contributed by atoms with van der Waals surface area (Å²) < 4.78 is 13.2. The van der Waals surface area contributed by atoms with Crippen molar-refractivity contribution in [1.29, 1.82) is 0 Å². The first-order valence-electron chi connectivity index (χ1n) is 8.58. The van der Waals surface area contributed by atoms with Crippen LogP contribution in [0.15, 0.2) is 59.8 Å². The minimum atomic E-state index is -0.301. The van der Waals surface area contributed by atoms with Crippen molar-refractivity contribution in [3.8, 4) is 0 Å². The minimum absolute atomic E-state index is 0.0422. The van der Waals surface area contributed by atoms with Gasteiger partial charge in [0.25, 0.3) is 0 Å². The van der Waals surface area contributed by atoms with Crippen molar-refractivity contribution in [3.63, 3.8) is 0 Å². The monoisotopic (exact) mass is 369 g/mol. The van der Waals surface area contributed by atoms with E-state index in [1.165, 1.54) is 12.1 Å². The number of carbonyl (C=O) groups excluding carboxylic acids is 2. The highest BCUT2D eigenvalue weighted by atomic mass is 35.5. The van der Waals surface area contributed by atoms with Crippen LogP contribution in [-0.4, -0.2) is 11.7 Å². The molecule has 0 spiro atoms. The first kappa shape index (κ1) is 17.0. The smallest absolute Gasteiger partial charge is 0.225 e. The molecule has 2 unspecified atom stereocenters. The van der Waals surface area contributed by atoms with E-state index in [2.05, 4.69) is 5.32 Å². The molecule has 3 nitrogen and oxygen atoms in total. The van der Waals surface area contributed by atoms with Gasteiger partial charge in [0, 0.05) is 35.1 Å². The Bertz CT molecular complexity index is 903. The highest BCUT2D eigenvalue weighted by molar-refractivity contribution is 6.30. The van der Waals surface area contributed by atoms with Crippen LogP contribution in [0.4, 0.5) is 4.39 Å². The summed E-state index contributed by atoms with van der Waals surface area (Å²) in [6, 6.07) is 13.5. The van der Waals surface area contributed by atoms with Crippen LogP contribution >= 0.6 is 11.6 Å². The summed E-state index contributed by atoms with van der Waals surface area (Å²) in [5.74, 6) is -0.634. The molecule has 0 aromatic heterocycles. The van der Waals surface area contributed by atoms with Crippen molar-refractivity contribution in [1.82, 2.24) is 5.32 Å². The second kappa shape index (κ2) is 6.69. The van der Waals surface area contributed by atoms with Crippen molar-refractivity contribution < 1.29 is 14.0 Å². The molecule has 0 saturated carbocycles. The molecule has 132 valence electrons. The van der Waals surface area contributed by atoms with Crippen LogP contribution in [0.2, 0.25) is 5.02 Å². The Morgan fingerprint density at radius 1 is 0.885 bits per heavy atom. The molecule has 5 heteroatoms. The third-order valence-corrected chi connectivity index (χ3v) is 5.40. The summed E-state index contributed by atoms with van der Waals surface area (Å²) >= 11 is 5.96. The fourth-order valence-corrected chi connectivity index (χ4v) is 4.04. The summed E-state index contributed by atoms with van der Waals surface area (Å²) in [4.78, 5) is 25.2. The average Bonchev–Trinajstić information content (AvgIpc) is 2.62. The molecule has 0 bridgehead atoms. The second-order valence-corrected chi connectivity index (χ2v) is 7.27. The van der Waals surface area contributed by atoms with Crippen LogP contribution in [0.3, 0.4) is 0 Å². The average molecular weight is 370 g/mol. The lowest BCUT2D eigenvalue weighted by molar-refractivity contribution is -0.122. The van der Waals surface area contributed by atoms with Gasteiger partial charge in [-0.1, -0.05) is 35.9 Å². The molecule has 2 aromatic carbocycles. The number of allylic oxidation sites excluding steroid dienone is 2. The van der Waals surface area contributed by atoms with Crippen LogP contribution in [0.1, 0.15) is 42.2 Å². The standard InChI is InChI=1S/C21H17ClFNO2/c22-15-5-1-13(2-6-15)17-11-20(26)24-18-9-14(10-19(25)21(17)18)12-3-7-16(23)8-4-12/h1-8,14,17H,9-11H2,(H,24,26). The van der Waals surface area contributed by atoms with Gasteiger partial charge < -0.3 is 5.32 Å². The first-order valence-corrected chi connectivity index (χ1v) is 8.96. The summed E-state index contributed by atoms with van der Waals surface area (Å²) in [5.41, 5.74) is 3.23. The number of hydrogen-bond donors (Lipinski definition) is 1. The molecule has 1 aliphatic heterocycles. The highest BCUT2D eigenvalue weighted by Crippen LogP contribution is 2.42. The van der Waals surface area contributed by atoms with Crippen molar-refractivity contribution in [2.24, 2.45) is 0 Å². The zero-order valence-electron chi connectivity index (χ0n) is 14.0. The van der Waals surface area contributed by atoms with Crippen molar-refractivity contribution in [2.45, 2.75) is 31.1 Å². The molecule has 1 N–H and O–H groups in total. The Kier molecular flexibility index (Phi) is 4.37. The number of benzene rings is 2. The molecule has 1 amide bonds. The molecule has 1 aliphatic carbocycles. The van der Waals surface area contributed by atoms with Gasteiger partial charge in [-0.3, -0.25) is 9.59 Å². The number of nitrogens with one attached hydrogen (secondary N) is 1. The number of ketones is 1. The van der Waals surface area contributed by atoms with Gasteiger partial charge in [-0.2, -0.15) is 0 Å². The normalized spacial score (nSPS) is 22.8. The Morgan fingerprint density at radius 3 is 2.23 bits per heavy atom. The fourth-order valence-electron chi connectivity index (χ4n) is 3.91. The lowest BCUT2D eigenvalue weighted by Crippen LogP contribution is -2.38. The van der Waals surface area contributed by atoms with Gasteiger partial charge in [-0.05, 0) is 47.7 Å². The third-order valence-electron chi connectivity index (χ3n) is 5.15. The van der Waals surface area contributed by atoms with E-state index in [1.54, 1.807) is 24.3 Å². The fraction of sp³-hybridized carbons (Fsp3) is 0.238. The largest absolute Gasteiger partial charge is 0.329 e. The topological polar surface area (TPSA) is 46.2 Å². The molecule has 2 atom stereocenters. The predicted molar refractivity (Wildman–Crippen MR) is 97.4 cm³/mol. The summed E-state index contributed by atoms with van der Waals surface area (Å²) in [5, 5.41) is 3.51. The van der Waals surface area contributed by atoms with E-state index in [4.69, 9.17) is 11.6 Å². The van der Waals surface area contributed by atoms with Gasteiger partial charge in [0.2, 0.25) is 5.91 Å². The van der Waals surface area contributed by atoms with Crippen LogP contribution in [-0.2, 0) is 9.59 Å². The number of amides is 1. The Hall–Kier alpha value is -2.46. The summed E-state index contributed by atoms with van der Waals surface area (Å²) in [7, 11) is 0. The molecule has 1 heterocycles. The van der Waals surface area contributed by atoms with Crippen molar-refractivity contribution >= 4 is 23.3 Å². The Balaban J connectivity index is 1.70. The molecule has 0 radical (unpaired) electrons. The maximum absolute atomic E-state index is 13.2.